The average Bonchev–Trinajstić information content (AvgIpc) is 3.33. The second-order valence-corrected chi connectivity index (χ2v) is 10.9. The van der Waals surface area contributed by atoms with Gasteiger partial charge < -0.3 is 10.1 Å². The van der Waals surface area contributed by atoms with Crippen LogP contribution in [0.5, 0.6) is 0 Å². The van der Waals surface area contributed by atoms with Crippen molar-refractivity contribution in [3.8, 4) is 0 Å². The van der Waals surface area contributed by atoms with Crippen molar-refractivity contribution < 1.29 is 14.3 Å². The van der Waals surface area contributed by atoms with Gasteiger partial charge >= 0.3 is 5.97 Å². The maximum Gasteiger partial charge on any atom is 0.341 e. The van der Waals surface area contributed by atoms with Crippen LogP contribution in [-0.4, -0.2) is 19.0 Å². The van der Waals surface area contributed by atoms with Crippen molar-refractivity contribution in [2.75, 3.05) is 12.4 Å². The predicted molar refractivity (Wildman–Crippen MR) is 108 cm³/mol. The van der Waals surface area contributed by atoms with E-state index in [9.17, 15) is 9.59 Å². The lowest BCUT2D eigenvalue weighted by molar-refractivity contribution is -0.121. The SMILES string of the molecule is COC(=O)c1c(NC(=O)[C@@H]2C[C@H]3CC[C@H]2C3)sc2c1CC[C@@H](C(C)(C)C)C2. The van der Waals surface area contributed by atoms with Crippen LogP contribution in [0.15, 0.2) is 0 Å². The summed E-state index contributed by atoms with van der Waals surface area (Å²) in [6.45, 7) is 6.86. The molecule has 1 aromatic heterocycles. The van der Waals surface area contributed by atoms with Crippen molar-refractivity contribution in [1.82, 2.24) is 0 Å². The lowest BCUT2D eigenvalue weighted by Gasteiger charge is -2.33. The second-order valence-electron chi connectivity index (χ2n) is 9.78. The molecule has 1 N–H and O–H groups in total. The Morgan fingerprint density at radius 2 is 1.93 bits per heavy atom. The minimum atomic E-state index is -0.315. The number of methoxy groups -OCH3 is 1. The van der Waals surface area contributed by atoms with Crippen molar-refractivity contribution in [3.05, 3.63) is 16.0 Å². The maximum absolute atomic E-state index is 12.9. The van der Waals surface area contributed by atoms with Crippen molar-refractivity contribution in [1.29, 1.82) is 0 Å². The van der Waals surface area contributed by atoms with E-state index in [1.165, 1.54) is 31.2 Å². The first kappa shape index (κ1) is 19.0. The largest absolute Gasteiger partial charge is 0.465 e. The number of hydrogen-bond acceptors (Lipinski definition) is 4. The lowest BCUT2D eigenvalue weighted by atomic mass is 9.72. The number of ether oxygens (including phenoxy) is 1. The van der Waals surface area contributed by atoms with E-state index in [1.54, 1.807) is 11.3 Å². The quantitative estimate of drug-likeness (QED) is 0.735. The summed E-state index contributed by atoms with van der Waals surface area (Å²) >= 11 is 1.60. The van der Waals surface area contributed by atoms with Crippen LogP contribution in [0.1, 0.15) is 73.7 Å². The number of anilines is 1. The normalized spacial score (nSPS) is 29.5. The highest BCUT2D eigenvalue weighted by atomic mass is 32.1. The van der Waals surface area contributed by atoms with Gasteiger partial charge in [-0.25, -0.2) is 4.79 Å². The lowest BCUT2D eigenvalue weighted by Crippen LogP contribution is -2.28. The van der Waals surface area contributed by atoms with E-state index in [4.69, 9.17) is 4.74 Å². The van der Waals surface area contributed by atoms with Crippen molar-refractivity contribution in [2.45, 2.75) is 65.7 Å². The molecular formula is C22H31NO3S. The summed E-state index contributed by atoms with van der Waals surface area (Å²) in [6.07, 6.45) is 7.64. The van der Waals surface area contributed by atoms with E-state index in [0.717, 1.165) is 37.2 Å². The summed E-state index contributed by atoms with van der Waals surface area (Å²) < 4.78 is 5.07. The fourth-order valence-corrected chi connectivity index (χ4v) is 6.82. The van der Waals surface area contributed by atoms with Gasteiger partial charge in [0.1, 0.15) is 5.00 Å². The highest BCUT2D eigenvalue weighted by molar-refractivity contribution is 7.17. The van der Waals surface area contributed by atoms with E-state index in [2.05, 4.69) is 26.1 Å². The highest BCUT2D eigenvalue weighted by Crippen LogP contribution is 2.49. The third kappa shape index (κ3) is 3.43. The van der Waals surface area contributed by atoms with E-state index >= 15 is 0 Å². The molecule has 1 aromatic rings. The molecule has 4 nitrogen and oxygen atoms in total. The number of fused-ring (bicyclic) bond motifs is 3. The van der Waals surface area contributed by atoms with Crippen LogP contribution in [0.3, 0.4) is 0 Å². The summed E-state index contributed by atoms with van der Waals surface area (Å²) in [5.41, 5.74) is 1.97. The Morgan fingerprint density at radius 3 is 2.52 bits per heavy atom. The second kappa shape index (κ2) is 6.91. The monoisotopic (exact) mass is 389 g/mol. The third-order valence-corrected chi connectivity index (χ3v) is 8.36. The number of nitrogens with one attached hydrogen (secondary N) is 1. The molecule has 2 fully saturated rings. The smallest absolute Gasteiger partial charge is 0.341 e. The molecule has 0 saturated heterocycles. The van der Waals surface area contributed by atoms with Gasteiger partial charge in [0.2, 0.25) is 5.91 Å². The van der Waals surface area contributed by atoms with Crippen LogP contribution in [-0.2, 0) is 22.4 Å². The minimum Gasteiger partial charge on any atom is -0.465 e. The summed E-state index contributed by atoms with van der Waals surface area (Å²) in [5.74, 6) is 1.79. The van der Waals surface area contributed by atoms with Gasteiger partial charge in [-0.1, -0.05) is 27.2 Å². The van der Waals surface area contributed by atoms with Gasteiger partial charge in [0, 0.05) is 10.8 Å². The van der Waals surface area contributed by atoms with Crippen LogP contribution in [0, 0.1) is 29.1 Å². The Morgan fingerprint density at radius 1 is 1.15 bits per heavy atom. The summed E-state index contributed by atoms with van der Waals surface area (Å²) in [6, 6.07) is 0. The molecule has 0 aromatic carbocycles. The van der Waals surface area contributed by atoms with E-state index in [-0.39, 0.29) is 23.2 Å². The van der Waals surface area contributed by atoms with Gasteiger partial charge in [-0.15, -0.1) is 11.3 Å². The predicted octanol–water partition coefficient (Wildman–Crippen LogP) is 5.06. The molecule has 0 spiro atoms. The van der Waals surface area contributed by atoms with Crippen LogP contribution >= 0.6 is 11.3 Å². The fourth-order valence-electron chi connectivity index (χ4n) is 5.50. The number of esters is 1. The van der Waals surface area contributed by atoms with E-state index in [1.807, 2.05) is 0 Å². The first-order valence-corrected chi connectivity index (χ1v) is 11.1. The number of carbonyl (C=O) groups is 2. The number of hydrogen-bond donors (Lipinski definition) is 1. The number of carbonyl (C=O) groups excluding carboxylic acids is 2. The molecule has 5 heteroatoms. The molecule has 148 valence electrons. The molecule has 4 rings (SSSR count). The summed E-state index contributed by atoms with van der Waals surface area (Å²) in [5, 5.41) is 3.86. The molecular weight excluding hydrogens is 358 g/mol. The Labute approximate surface area is 166 Å². The van der Waals surface area contributed by atoms with Crippen molar-refractivity contribution in [3.63, 3.8) is 0 Å². The molecule has 0 aliphatic heterocycles. The van der Waals surface area contributed by atoms with Gasteiger partial charge in [0.15, 0.2) is 0 Å². The zero-order chi connectivity index (χ0) is 19.3. The summed E-state index contributed by atoms with van der Waals surface area (Å²) in [7, 11) is 1.43. The van der Waals surface area contributed by atoms with Crippen LogP contribution in [0.25, 0.3) is 0 Å². The molecule has 3 aliphatic rings. The molecule has 2 saturated carbocycles. The van der Waals surface area contributed by atoms with Crippen LogP contribution < -0.4 is 5.32 Å². The third-order valence-electron chi connectivity index (χ3n) is 7.19. The van der Waals surface area contributed by atoms with Gasteiger partial charge in [-0.05, 0) is 67.3 Å². The molecule has 2 bridgehead atoms. The topological polar surface area (TPSA) is 55.4 Å². The highest BCUT2D eigenvalue weighted by Gasteiger charge is 2.43. The Bertz CT molecular complexity index is 760. The number of amides is 1. The van der Waals surface area contributed by atoms with Crippen LogP contribution in [0.4, 0.5) is 5.00 Å². The Hall–Kier alpha value is -1.36. The van der Waals surface area contributed by atoms with Gasteiger partial charge in [0.25, 0.3) is 0 Å². The van der Waals surface area contributed by atoms with Crippen LogP contribution in [0.2, 0.25) is 0 Å². The van der Waals surface area contributed by atoms with Crippen molar-refractivity contribution >= 4 is 28.2 Å². The van der Waals surface area contributed by atoms with E-state index < -0.39 is 0 Å². The summed E-state index contributed by atoms with van der Waals surface area (Å²) in [4.78, 5) is 26.7. The van der Waals surface area contributed by atoms with Gasteiger partial charge in [0.05, 0.1) is 12.7 Å². The number of thiophene rings is 1. The molecule has 1 heterocycles. The molecule has 0 unspecified atom stereocenters. The maximum atomic E-state index is 12.9. The van der Waals surface area contributed by atoms with Crippen molar-refractivity contribution in [2.24, 2.45) is 29.1 Å². The standard InChI is InChI=1S/C22H31NO3S/c1-22(2,3)14-7-8-15-17(11-14)27-20(18(15)21(25)26-4)23-19(24)16-10-12-5-6-13(16)9-12/h12-14,16H,5-11H2,1-4H3,(H,23,24)/t12-,13-,14+,16+/m0/s1. The fraction of sp³-hybridized carbons (Fsp3) is 0.727. The molecule has 3 aliphatic carbocycles. The molecule has 1 amide bonds. The zero-order valence-electron chi connectivity index (χ0n) is 16.9. The first-order chi connectivity index (χ1) is 12.8. The minimum absolute atomic E-state index is 0.110. The molecule has 4 atom stereocenters. The zero-order valence-corrected chi connectivity index (χ0v) is 17.7. The average molecular weight is 390 g/mol. The Kier molecular flexibility index (Phi) is 4.86. The van der Waals surface area contributed by atoms with Gasteiger partial charge in [-0.2, -0.15) is 0 Å². The molecule has 0 radical (unpaired) electrons. The Balaban J connectivity index is 1.59. The van der Waals surface area contributed by atoms with E-state index in [0.29, 0.717) is 22.4 Å². The number of rotatable bonds is 3. The van der Waals surface area contributed by atoms with Gasteiger partial charge in [-0.3, -0.25) is 4.79 Å². The first-order valence-electron chi connectivity index (χ1n) is 10.3. The molecule has 27 heavy (non-hydrogen) atoms.